The molecule has 0 saturated heterocycles. The van der Waals surface area contributed by atoms with E-state index in [0.29, 0.717) is 11.5 Å². The minimum Gasteiger partial charge on any atom is -0.394 e. The minimum atomic E-state index is -0.170. The minimum absolute atomic E-state index is 0.0283. The van der Waals surface area contributed by atoms with Crippen LogP contribution in [0.1, 0.15) is 48.7 Å². The maximum atomic E-state index is 12.6. The van der Waals surface area contributed by atoms with Crippen molar-refractivity contribution in [3.05, 3.63) is 47.9 Å². The zero-order valence-electron chi connectivity index (χ0n) is 17.3. The number of aromatic nitrogens is 4. The van der Waals surface area contributed by atoms with Crippen LogP contribution in [0.5, 0.6) is 0 Å². The van der Waals surface area contributed by atoms with Crippen molar-refractivity contribution in [2.24, 2.45) is 0 Å². The molecule has 0 unspecified atom stereocenters. The lowest BCUT2D eigenvalue weighted by molar-refractivity contribution is -0.0465. The van der Waals surface area contributed by atoms with Crippen molar-refractivity contribution in [2.45, 2.75) is 57.8 Å². The zero-order chi connectivity index (χ0) is 21.1. The molecule has 158 valence electrons. The van der Waals surface area contributed by atoms with E-state index in [1.807, 2.05) is 38.1 Å². The number of carbonyl (C=O) groups is 1. The summed E-state index contributed by atoms with van der Waals surface area (Å²) in [5, 5.41) is 17.8. The van der Waals surface area contributed by atoms with Gasteiger partial charge in [-0.25, -0.2) is 9.97 Å². The first-order valence-corrected chi connectivity index (χ1v) is 10.4. The van der Waals surface area contributed by atoms with Crippen molar-refractivity contribution in [3.8, 4) is 5.95 Å². The highest BCUT2D eigenvalue weighted by atomic mass is 16.5. The first kappa shape index (κ1) is 20.4. The molecule has 4 rings (SSSR count). The highest BCUT2D eigenvalue weighted by Gasteiger charge is 2.24. The highest BCUT2D eigenvalue weighted by Crippen LogP contribution is 2.23. The predicted octanol–water partition coefficient (Wildman–Crippen LogP) is 2.56. The van der Waals surface area contributed by atoms with Crippen molar-refractivity contribution in [3.63, 3.8) is 0 Å². The van der Waals surface area contributed by atoms with Gasteiger partial charge in [0.1, 0.15) is 0 Å². The molecule has 1 aliphatic carbocycles. The lowest BCUT2D eigenvalue weighted by Gasteiger charge is -2.30. The molecule has 1 atom stereocenters. The van der Waals surface area contributed by atoms with E-state index in [-0.39, 0.29) is 30.8 Å². The second-order valence-electron chi connectivity index (χ2n) is 7.86. The number of fused-ring (bicyclic) bond motifs is 1. The lowest BCUT2D eigenvalue weighted by atomic mass is 9.92. The monoisotopic (exact) mass is 409 g/mol. The molecule has 0 radical (unpaired) electrons. The van der Waals surface area contributed by atoms with E-state index in [2.05, 4.69) is 20.4 Å². The van der Waals surface area contributed by atoms with E-state index in [9.17, 15) is 4.79 Å². The van der Waals surface area contributed by atoms with E-state index in [1.54, 1.807) is 17.1 Å². The van der Waals surface area contributed by atoms with Crippen molar-refractivity contribution in [1.29, 1.82) is 0 Å². The summed E-state index contributed by atoms with van der Waals surface area (Å²) in [5.74, 6) is 0.266. The van der Waals surface area contributed by atoms with Crippen LogP contribution in [-0.2, 0) is 4.74 Å². The summed E-state index contributed by atoms with van der Waals surface area (Å²) in [6.45, 7) is 3.84. The Morgan fingerprint density at radius 3 is 2.63 bits per heavy atom. The van der Waals surface area contributed by atoms with Crippen LogP contribution in [-0.4, -0.2) is 55.6 Å². The smallest absolute Gasteiger partial charge is 0.254 e. The molecule has 1 aliphatic rings. The number of para-hydroxylation sites is 1. The SMILES string of the molecule is Cc1nn(-c2ncc(C(=O)N[C@H]3CC[C@H](O[C@@H](C)CO)CC3)cn2)c2ccccc12. The highest BCUT2D eigenvalue weighted by molar-refractivity contribution is 5.93. The van der Waals surface area contributed by atoms with Gasteiger partial charge in [-0.2, -0.15) is 9.78 Å². The van der Waals surface area contributed by atoms with Gasteiger partial charge in [-0.05, 0) is 45.6 Å². The van der Waals surface area contributed by atoms with Gasteiger partial charge >= 0.3 is 0 Å². The van der Waals surface area contributed by atoms with E-state index < -0.39 is 0 Å². The van der Waals surface area contributed by atoms with Gasteiger partial charge in [0.15, 0.2) is 0 Å². The second-order valence-corrected chi connectivity index (χ2v) is 7.86. The van der Waals surface area contributed by atoms with Crippen molar-refractivity contribution >= 4 is 16.8 Å². The van der Waals surface area contributed by atoms with Gasteiger partial charge in [0.05, 0.1) is 35.6 Å². The van der Waals surface area contributed by atoms with Gasteiger partial charge < -0.3 is 15.2 Å². The maximum absolute atomic E-state index is 12.6. The lowest BCUT2D eigenvalue weighted by Crippen LogP contribution is -2.40. The molecule has 0 aliphatic heterocycles. The van der Waals surface area contributed by atoms with Crippen LogP contribution in [0.2, 0.25) is 0 Å². The fraction of sp³-hybridized carbons (Fsp3) is 0.455. The molecule has 1 saturated carbocycles. The second kappa shape index (κ2) is 8.89. The number of nitrogens with zero attached hydrogens (tertiary/aromatic N) is 4. The molecule has 8 heteroatoms. The van der Waals surface area contributed by atoms with Gasteiger partial charge in [0.2, 0.25) is 0 Å². The standard InChI is InChI=1S/C22H27N5O3/c1-14(13-28)30-18-9-7-17(8-10-18)25-21(29)16-11-23-22(24-12-16)27-20-6-4-3-5-19(20)15(2)26-27/h3-6,11-12,14,17-18,28H,7-10,13H2,1-2H3,(H,25,29)/t14-,17-,18-/m0/s1. The average molecular weight is 409 g/mol. The van der Waals surface area contributed by atoms with Gasteiger partial charge in [0, 0.05) is 23.8 Å². The molecule has 3 aromatic rings. The molecule has 0 spiro atoms. The summed E-state index contributed by atoms with van der Waals surface area (Å²) in [5.41, 5.74) is 2.27. The van der Waals surface area contributed by atoms with E-state index in [0.717, 1.165) is 42.3 Å². The Bertz CT molecular complexity index is 1010. The number of aliphatic hydroxyl groups is 1. The summed E-state index contributed by atoms with van der Waals surface area (Å²) in [6, 6.07) is 8.02. The Morgan fingerprint density at radius 1 is 1.23 bits per heavy atom. The first-order valence-electron chi connectivity index (χ1n) is 10.4. The Morgan fingerprint density at radius 2 is 1.93 bits per heavy atom. The fourth-order valence-corrected chi connectivity index (χ4v) is 3.91. The number of carbonyl (C=O) groups excluding carboxylic acids is 1. The van der Waals surface area contributed by atoms with Crippen molar-refractivity contribution in [1.82, 2.24) is 25.1 Å². The van der Waals surface area contributed by atoms with Crippen molar-refractivity contribution in [2.75, 3.05) is 6.61 Å². The Kier molecular flexibility index (Phi) is 6.06. The number of rotatable bonds is 6. The predicted molar refractivity (Wildman–Crippen MR) is 113 cm³/mol. The third-order valence-corrected chi connectivity index (χ3v) is 5.55. The van der Waals surface area contributed by atoms with Crippen LogP contribution in [0.25, 0.3) is 16.9 Å². The topological polar surface area (TPSA) is 102 Å². The number of hydrogen-bond acceptors (Lipinski definition) is 6. The van der Waals surface area contributed by atoms with Gasteiger partial charge in [-0.15, -0.1) is 0 Å². The number of aliphatic hydroxyl groups excluding tert-OH is 1. The van der Waals surface area contributed by atoms with Crippen LogP contribution in [0, 0.1) is 6.92 Å². The van der Waals surface area contributed by atoms with E-state index >= 15 is 0 Å². The molecular weight excluding hydrogens is 382 g/mol. The Labute approximate surface area is 175 Å². The molecule has 2 heterocycles. The van der Waals surface area contributed by atoms with Gasteiger partial charge in [-0.3, -0.25) is 4.79 Å². The number of nitrogens with one attached hydrogen (secondary N) is 1. The molecule has 1 aromatic carbocycles. The summed E-state index contributed by atoms with van der Waals surface area (Å²) in [6.07, 6.45) is 6.54. The first-order chi connectivity index (χ1) is 14.5. The van der Waals surface area contributed by atoms with Crippen LogP contribution >= 0.6 is 0 Å². The van der Waals surface area contributed by atoms with Gasteiger partial charge in [-0.1, -0.05) is 18.2 Å². The fourth-order valence-electron chi connectivity index (χ4n) is 3.91. The maximum Gasteiger partial charge on any atom is 0.254 e. The third-order valence-electron chi connectivity index (χ3n) is 5.55. The summed E-state index contributed by atoms with van der Waals surface area (Å²) in [4.78, 5) is 21.3. The molecule has 30 heavy (non-hydrogen) atoms. The van der Waals surface area contributed by atoms with Gasteiger partial charge in [0.25, 0.3) is 11.9 Å². The number of hydrogen-bond donors (Lipinski definition) is 2. The molecule has 1 amide bonds. The van der Waals surface area contributed by atoms with Crippen LogP contribution in [0.15, 0.2) is 36.7 Å². The molecule has 0 bridgehead atoms. The molecule has 2 N–H and O–H groups in total. The third kappa shape index (κ3) is 4.34. The normalized spacial score (nSPS) is 20.2. The summed E-state index contributed by atoms with van der Waals surface area (Å²) in [7, 11) is 0. The Hall–Kier alpha value is -2.84. The molecule has 2 aromatic heterocycles. The summed E-state index contributed by atoms with van der Waals surface area (Å²) < 4.78 is 7.47. The average Bonchev–Trinajstić information content (AvgIpc) is 3.12. The van der Waals surface area contributed by atoms with Crippen LogP contribution < -0.4 is 5.32 Å². The zero-order valence-corrected chi connectivity index (χ0v) is 17.3. The number of aryl methyl sites for hydroxylation is 1. The van der Waals surface area contributed by atoms with Crippen LogP contribution in [0.3, 0.4) is 0 Å². The quantitative estimate of drug-likeness (QED) is 0.649. The summed E-state index contributed by atoms with van der Waals surface area (Å²) >= 11 is 0. The van der Waals surface area contributed by atoms with Crippen LogP contribution in [0.4, 0.5) is 0 Å². The number of amides is 1. The van der Waals surface area contributed by atoms with E-state index in [4.69, 9.17) is 9.84 Å². The number of benzene rings is 1. The molecular formula is C22H27N5O3. The van der Waals surface area contributed by atoms with E-state index in [1.165, 1.54) is 0 Å². The molecule has 1 fully saturated rings. The Balaban J connectivity index is 1.38. The number of ether oxygens (including phenoxy) is 1. The molecule has 8 nitrogen and oxygen atoms in total. The largest absolute Gasteiger partial charge is 0.394 e. The van der Waals surface area contributed by atoms with Crippen molar-refractivity contribution < 1.29 is 14.6 Å².